The van der Waals surface area contributed by atoms with E-state index in [4.69, 9.17) is 0 Å². The predicted molar refractivity (Wildman–Crippen MR) is 68.2 cm³/mol. The van der Waals surface area contributed by atoms with Gasteiger partial charge in [-0.1, -0.05) is 18.2 Å². The summed E-state index contributed by atoms with van der Waals surface area (Å²) in [7, 11) is 0. The van der Waals surface area contributed by atoms with Gasteiger partial charge in [0, 0.05) is 23.4 Å². The van der Waals surface area contributed by atoms with Gasteiger partial charge in [-0.3, -0.25) is 9.48 Å². The van der Waals surface area contributed by atoms with Crippen LogP contribution in [0.25, 0.3) is 11.1 Å². The monoisotopic (exact) mass is 228 g/mol. The summed E-state index contributed by atoms with van der Waals surface area (Å²) >= 11 is 0. The number of hydrogen-bond acceptors (Lipinski definition) is 2. The molecule has 0 atom stereocenters. The van der Waals surface area contributed by atoms with Crippen LogP contribution in [0.4, 0.5) is 0 Å². The van der Waals surface area contributed by atoms with Gasteiger partial charge in [0.05, 0.1) is 5.69 Å². The Bertz CT molecular complexity index is 555. The summed E-state index contributed by atoms with van der Waals surface area (Å²) in [6, 6.07) is 7.64. The minimum absolute atomic E-state index is 0.700. The minimum Gasteiger partial charge on any atom is -0.298 e. The fraction of sp³-hybridized carbons (Fsp3) is 0.286. The fourth-order valence-electron chi connectivity index (χ4n) is 2.19. The molecule has 1 aromatic heterocycles. The normalized spacial score (nSPS) is 10.5. The lowest BCUT2D eigenvalue weighted by Crippen LogP contribution is -1.98. The highest BCUT2D eigenvalue weighted by atomic mass is 16.1. The summed E-state index contributed by atoms with van der Waals surface area (Å²) in [5, 5.41) is 4.49. The quantitative estimate of drug-likeness (QED) is 0.757. The molecule has 2 rings (SSSR count). The highest BCUT2D eigenvalue weighted by Crippen LogP contribution is 2.27. The number of nitrogens with zero attached hydrogens (tertiary/aromatic N) is 2. The molecule has 1 heterocycles. The van der Waals surface area contributed by atoms with Gasteiger partial charge in [-0.2, -0.15) is 5.10 Å². The molecule has 0 N–H and O–H groups in total. The lowest BCUT2D eigenvalue weighted by Gasteiger charge is -2.04. The van der Waals surface area contributed by atoms with Gasteiger partial charge in [0.1, 0.15) is 6.29 Å². The van der Waals surface area contributed by atoms with Gasteiger partial charge in [0.2, 0.25) is 0 Å². The molecular formula is C14H16N2O. The zero-order valence-corrected chi connectivity index (χ0v) is 10.4. The average Bonchev–Trinajstić information content (AvgIpc) is 2.64. The molecule has 0 radical (unpaired) electrons. The van der Waals surface area contributed by atoms with E-state index in [1.54, 1.807) is 0 Å². The Kier molecular flexibility index (Phi) is 3.09. The van der Waals surface area contributed by atoms with E-state index in [2.05, 4.69) is 18.9 Å². The smallest absolute Gasteiger partial charge is 0.150 e. The van der Waals surface area contributed by atoms with Gasteiger partial charge < -0.3 is 0 Å². The second-order valence-corrected chi connectivity index (χ2v) is 4.10. The molecule has 0 saturated carbocycles. The van der Waals surface area contributed by atoms with Gasteiger partial charge in [0.15, 0.2) is 0 Å². The molecule has 0 saturated heterocycles. The highest BCUT2D eigenvalue weighted by molar-refractivity contribution is 5.79. The van der Waals surface area contributed by atoms with Crippen molar-refractivity contribution in [3.63, 3.8) is 0 Å². The van der Waals surface area contributed by atoms with Gasteiger partial charge >= 0.3 is 0 Å². The van der Waals surface area contributed by atoms with E-state index in [9.17, 15) is 4.79 Å². The van der Waals surface area contributed by atoms with E-state index < -0.39 is 0 Å². The fourth-order valence-corrected chi connectivity index (χ4v) is 2.19. The van der Waals surface area contributed by atoms with Crippen LogP contribution in [-0.2, 0) is 6.54 Å². The van der Waals surface area contributed by atoms with Gasteiger partial charge in [-0.25, -0.2) is 0 Å². The van der Waals surface area contributed by atoms with Crippen LogP contribution in [0.2, 0.25) is 0 Å². The molecular weight excluding hydrogens is 212 g/mol. The van der Waals surface area contributed by atoms with E-state index in [1.807, 2.05) is 35.9 Å². The molecule has 3 nitrogen and oxygen atoms in total. The van der Waals surface area contributed by atoms with Crippen molar-refractivity contribution in [3.05, 3.63) is 41.2 Å². The third-order valence-electron chi connectivity index (χ3n) is 2.99. The number of aryl methyl sites for hydroxylation is 2. The first-order valence-corrected chi connectivity index (χ1v) is 5.77. The Labute approximate surface area is 101 Å². The molecule has 0 unspecified atom stereocenters. The maximum absolute atomic E-state index is 10.8. The summed E-state index contributed by atoms with van der Waals surface area (Å²) in [4.78, 5) is 10.8. The molecule has 17 heavy (non-hydrogen) atoms. The van der Waals surface area contributed by atoms with Crippen LogP contribution in [0, 0.1) is 13.8 Å². The van der Waals surface area contributed by atoms with Crippen molar-refractivity contribution < 1.29 is 4.79 Å². The van der Waals surface area contributed by atoms with Crippen LogP contribution >= 0.6 is 0 Å². The molecule has 0 spiro atoms. The average molecular weight is 228 g/mol. The second-order valence-electron chi connectivity index (χ2n) is 4.10. The predicted octanol–water partition coefficient (Wildman–Crippen LogP) is 3.00. The molecule has 0 bridgehead atoms. The first-order valence-electron chi connectivity index (χ1n) is 5.77. The van der Waals surface area contributed by atoms with Crippen LogP contribution < -0.4 is 0 Å². The molecule has 1 aromatic carbocycles. The number of benzene rings is 1. The number of hydrogen-bond donors (Lipinski definition) is 0. The van der Waals surface area contributed by atoms with Crippen molar-refractivity contribution in [2.45, 2.75) is 27.3 Å². The third-order valence-corrected chi connectivity index (χ3v) is 2.99. The lowest BCUT2D eigenvalue weighted by molar-refractivity contribution is 0.112. The Morgan fingerprint density at radius 3 is 2.71 bits per heavy atom. The summed E-state index contributed by atoms with van der Waals surface area (Å²) < 4.78 is 1.98. The number of aromatic nitrogens is 2. The van der Waals surface area contributed by atoms with E-state index in [-0.39, 0.29) is 0 Å². The van der Waals surface area contributed by atoms with E-state index in [0.717, 1.165) is 35.3 Å². The Morgan fingerprint density at radius 1 is 1.35 bits per heavy atom. The number of rotatable bonds is 3. The standard InChI is InChI=1S/C14H16N2O/c1-4-16-11(3)14(10(2)15-16)13-7-5-6-12(8-13)9-17/h5-9H,4H2,1-3H3. The minimum atomic E-state index is 0.700. The van der Waals surface area contributed by atoms with Crippen molar-refractivity contribution in [2.75, 3.05) is 0 Å². The number of carbonyl (C=O) groups is 1. The van der Waals surface area contributed by atoms with Gasteiger partial charge in [-0.05, 0) is 32.4 Å². The molecule has 3 heteroatoms. The molecule has 2 aromatic rings. The Morgan fingerprint density at radius 2 is 2.12 bits per heavy atom. The lowest BCUT2D eigenvalue weighted by atomic mass is 10.0. The van der Waals surface area contributed by atoms with Crippen LogP contribution in [-0.4, -0.2) is 16.1 Å². The zero-order chi connectivity index (χ0) is 12.4. The first-order chi connectivity index (χ1) is 8.17. The van der Waals surface area contributed by atoms with Crippen LogP contribution in [0.3, 0.4) is 0 Å². The Balaban J connectivity index is 2.59. The summed E-state index contributed by atoms with van der Waals surface area (Å²) in [6.45, 7) is 7.00. The summed E-state index contributed by atoms with van der Waals surface area (Å²) in [6.07, 6.45) is 0.873. The molecule has 0 aliphatic rings. The van der Waals surface area contributed by atoms with Crippen molar-refractivity contribution in [1.29, 1.82) is 0 Å². The van der Waals surface area contributed by atoms with Gasteiger partial charge in [0.25, 0.3) is 0 Å². The molecule has 0 aliphatic heterocycles. The van der Waals surface area contributed by atoms with Crippen LogP contribution in [0.5, 0.6) is 0 Å². The molecule has 0 aliphatic carbocycles. The van der Waals surface area contributed by atoms with E-state index >= 15 is 0 Å². The zero-order valence-electron chi connectivity index (χ0n) is 10.4. The maximum atomic E-state index is 10.8. The topological polar surface area (TPSA) is 34.9 Å². The van der Waals surface area contributed by atoms with Crippen molar-refractivity contribution >= 4 is 6.29 Å². The molecule has 88 valence electrons. The van der Waals surface area contributed by atoms with Crippen molar-refractivity contribution in [2.24, 2.45) is 0 Å². The Hall–Kier alpha value is -1.90. The summed E-state index contributed by atoms with van der Waals surface area (Å²) in [5.74, 6) is 0. The molecule has 0 amide bonds. The summed E-state index contributed by atoms with van der Waals surface area (Å²) in [5.41, 5.74) is 5.05. The SMILES string of the molecule is CCn1nc(C)c(-c2cccc(C=O)c2)c1C. The largest absolute Gasteiger partial charge is 0.298 e. The van der Waals surface area contributed by atoms with Crippen LogP contribution in [0.1, 0.15) is 28.7 Å². The van der Waals surface area contributed by atoms with Crippen molar-refractivity contribution in [1.82, 2.24) is 9.78 Å². The number of carbonyl (C=O) groups excluding carboxylic acids is 1. The van der Waals surface area contributed by atoms with Crippen LogP contribution in [0.15, 0.2) is 24.3 Å². The van der Waals surface area contributed by atoms with Crippen molar-refractivity contribution in [3.8, 4) is 11.1 Å². The third kappa shape index (κ3) is 2.00. The van der Waals surface area contributed by atoms with E-state index in [1.165, 1.54) is 0 Å². The number of aldehydes is 1. The first kappa shape index (κ1) is 11.6. The molecule has 0 fully saturated rings. The highest BCUT2D eigenvalue weighted by Gasteiger charge is 2.12. The second kappa shape index (κ2) is 4.53. The maximum Gasteiger partial charge on any atom is 0.150 e. The van der Waals surface area contributed by atoms with Gasteiger partial charge in [-0.15, -0.1) is 0 Å². The van der Waals surface area contributed by atoms with E-state index in [0.29, 0.717) is 5.56 Å².